The molecule has 0 unspecified atom stereocenters. The zero-order valence-electron chi connectivity index (χ0n) is 14.3. The van der Waals surface area contributed by atoms with Crippen molar-refractivity contribution in [2.45, 2.75) is 45.2 Å². The van der Waals surface area contributed by atoms with E-state index in [4.69, 9.17) is 21.0 Å². The molecule has 1 aromatic carbocycles. The Bertz CT molecular complexity index is 669. The van der Waals surface area contributed by atoms with Crippen LogP contribution in [-0.2, 0) is 17.7 Å². The van der Waals surface area contributed by atoms with Crippen LogP contribution in [0.4, 0.5) is 0 Å². The van der Waals surface area contributed by atoms with E-state index in [1.165, 1.54) is 22.6 Å². The van der Waals surface area contributed by atoms with Crippen molar-refractivity contribution in [3.8, 4) is 5.75 Å². The highest BCUT2D eigenvalue weighted by atomic mass is 16.7. The molecule has 0 aromatic heterocycles. The lowest BCUT2D eigenvalue weighted by Crippen LogP contribution is -2.53. The third-order valence-electron chi connectivity index (χ3n) is 4.19. The molecular weight excluding hydrogens is 306 g/mol. The maximum absolute atomic E-state index is 5.93. The summed E-state index contributed by atoms with van der Waals surface area (Å²) in [5, 5.41) is 1.49. The highest BCUT2D eigenvalue weighted by Crippen LogP contribution is 2.30. The summed E-state index contributed by atoms with van der Waals surface area (Å²) in [7, 11) is 0. The standard InChI is InChI=1S/C17H25N5O2/c1-17(2)21-15(18)20-16(19)22(17)24-11-5-10-23-14-9-4-7-12-6-3-8-13(12)14/h4,7,9H,3,5-6,8,10-11H2,1-2H3,(H4,18,19,20,21). The Hall–Kier alpha value is -2.28. The second-order valence-electron chi connectivity index (χ2n) is 6.51. The third-order valence-corrected chi connectivity index (χ3v) is 4.19. The van der Waals surface area contributed by atoms with Crippen molar-refractivity contribution >= 4 is 11.9 Å². The van der Waals surface area contributed by atoms with Gasteiger partial charge in [-0.05, 0) is 50.3 Å². The first kappa shape index (κ1) is 16.6. The normalized spacial score (nSPS) is 18.8. The topological polar surface area (TPSA) is 98.5 Å². The van der Waals surface area contributed by atoms with E-state index in [0.29, 0.717) is 13.2 Å². The molecule has 0 spiro atoms. The van der Waals surface area contributed by atoms with Crippen LogP contribution in [0.1, 0.15) is 37.8 Å². The molecule has 0 amide bonds. The zero-order chi connectivity index (χ0) is 17.2. The quantitative estimate of drug-likeness (QED) is 0.771. The average Bonchev–Trinajstić information content (AvgIpc) is 2.97. The Morgan fingerprint density at radius 2 is 2.04 bits per heavy atom. The molecule has 130 valence electrons. The van der Waals surface area contributed by atoms with Crippen LogP contribution in [0, 0.1) is 0 Å². The van der Waals surface area contributed by atoms with Gasteiger partial charge in [-0.2, -0.15) is 10.1 Å². The predicted molar refractivity (Wildman–Crippen MR) is 93.7 cm³/mol. The van der Waals surface area contributed by atoms with Gasteiger partial charge < -0.3 is 16.2 Å². The molecule has 1 aliphatic heterocycles. The van der Waals surface area contributed by atoms with Gasteiger partial charge in [-0.1, -0.05) is 12.1 Å². The molecule has 0 saturated heterocycles. The Morgan fingerprint density at radius 3 is 2.83 bits per heavy atom. The SMILES string of the molecule is CC1(C)N=C(N)N=C(N)N1OCCCOc1cccc2c1CCC2. The minimum Gasteiger partial charge on any atom is -0.493 e. The molecule has 1 aliphatic carbocycles. The summed E-state index contributed by atoms with van der Waals surface area (Å²) >= 11 is 0. The number of benzene rings is 1. The van der Waals surface area contributed by atoms with Gasteiger partial charge in [0.15, 0.2) is 5.66 Å². The Kier molecular flexibility index (Phi) is 4.62. The van der Waals surface area contributed by atoms with E-state index >= 15 is 0 Å². The number of hydrogen-bond acceptors (Lipinski definition) is 7. The first-order chi connectivity index (χ1) is 11.5. The summed E-state index contributed by atoms with van der Waals surface area (Å²) in [6.07, 6.45) is 4.21. The number of aliphatic imine (C=N–C) groups is 2. The summed E-state index contributed by atoms with van der Waals surface area (Å²) in [6, 6.07) is 6.29. The fraction of sp³-hybridized carbons (Fsp3) is 0.529. The average molecular weight is 331 g/mol. The molecule has 0 radical (unpaired) electrons. The number of ether oxygens (including phenoxy) is 1. The number of hydroxylamine groups is 2. The summed E-state index contributed by atoms with van der Waals surface area (Å²) in [5.74, 6) is 1.38. The van der Waals surface area contributed by atoms with E-state index in [9.17, 15) is 0 Å². The smallest absolute Gasteiger partial charge is 0.226 e. The molecule has 1 aromatic rings. The van der Waals surface area contributed by atoms with Crippen molar-refractivity contribution in [1.29, 1.82) is 0 Å². The second-order valence-corrected chi connectivity index (χ2v) is 6.51. The number of aryl methyl sites for hydroxylation is 1. The number of guanidine groups is 2. The number of rotatable bonds is 6. The Morgan fingerprint density at radius 1 is 1.21 bits per heavy atom. The molecule has 7 nitrogen and oxygen atoms in total. The maximum atomic E-state index is 5.93. The highest BCUT2D eigenvalue weighted by Gasteiger charge is 2.32. The first-order valence-electron chi connectivity index (χ1n) is 8.33. The first-order valence-corrected chi connectivity index (χ1v) is 8.33. The molecule has 0 atom stereocenters. The predicted octanol–water partition coefficient (Wildman–Crippen LogP) is 1.56. The van der Waals surface area contributed by atoms with Crippen molar-refractivity contribution in [2.24, 2.45) is 21.5 Å². The van der Waals surface area contributed by atoms with Crippen LogP contribution in [0.3, 0.4) is 0 Å². The van der Waals surface area contributed by atoms with Gasteiger partial charge in [0.2, 0.25) is 11.9 Å². The van der Waals surface area contributed by atoms with E-state index in [0.717, 1.165) is 25.0 Å². The van der Waals surface area contributed by atoms with E-state index in [1.54, 1.807) is 0 Å². The van der Waals surface area contributed by atoms with Crippen molar-refractivity contribution in [3.63, 3.8) is 0 Å². The summed E-state index contributed by atoms with van der Waals surface area (Å²) in [4.78, 5) is 13.9. The summed E-state index contributed by atoms with van der Waals surface area (Å²) < 4.78 is 5.93. The lowest BCUT2D eigenvalue weighted by molar-refractivity contribution is -0.158. The lowest BCUT2D eigenvalue weighted by atomic mass is 10.1. The number of nitrogens with zero attached hydrogens (tertiary/aromatic N) is 3. The van der Waals surface area contributed by atoms with E-state index in [-0.39, 0.29) is 11.9 Å². The van der Waals surface area contributed by atoms with Crippen molar-refractivity contribution in [1.82, 2.24) is 5.06 Å². The van der Waals surface area contributed by atoms with Crippen LogP contribution in [0.15, 0.2) is 28.2 Å². The monoisotopic (exact) mass is 331 g/mol. The number of nitrogens with two attached hydrogens (primary N) is 2. The largest absolute Gasteiger partial charge is 0.493 e. The van der Waals surface area contributed by atoms with Crippen LogP contribution in [-0.4, -0.2) is 35.9 Å². The van der Waals surface area contributed by atoms with Crippen molar-refractivity contribution in [3.05, 3.63) is 29.3 Å². The van der Waals surface area contributed by atoms with Gasteiger partial charge in [0.1, 0.15) is 5.75 Å². The lowest BCUT2D eigenvalue weighted by Gasteiger charge is -2.36. The molecule has 0 bridgehead atoms. The molecule has 1 heterocycles. The van der Waals surface area contributed by atoms with Gasteiger partial charge in [-0.3, -0.25) is 4.84 Å². The molecule has 0 saturated carbocycles. The van der Waals surface area contributed by atoms with Gasteiger partial charge in [-0.25, -0.2) is 4.99 Å². The van der Waals surface area contributed by atoms with Crippen LogP contribution >= 0.6 is 0 Å². The second kappa shape index (κ2) is 6.68. The molecule has 2 aliphatic rings. The van der Waals surface area contributed by atoms with Gasteiger partial charge in [-0.15, -0.1) is 0 Å². The molecule has 7 heteroatoms. The van der Waals surface area contributed by atoms with Crippen molar-refractivity contribution in [2.75, 3.05) is 13.2 Å². The van der Waals surface area contributed by atoms with Crippen LogP contribution in [0.25, 0.3) is 0 Å². The maximum Gasteiger partial charge on any atom is 0.226 e. The fourth-order valence-corrected chi connectivity index (χ4v) is 3.13. The molecule has 24 heavy (non-hydrogen) atoms. The molecule has 4 N–H and O–H groups in total. The third kappa shape index (κ3) is 3.46. The zero-order valence-corrected chi connectivity index (χ0v) is 14.3. The minimum atomic E-state index is -0.670. The van der Waals surface area contributed by atoms with Crippen LogP contribution in [0.2, 0.25) is 0 Å². The van der Waals surface area contributed by atoms with Crippen molar-refractivity contribution < 1.29 is 9.57 Å². The van der Waals surface area contributed by atoms with Gasteiger partial charge in [0.25, 0.3) is 0 Å². The fourth-order valence-electron chi connectivity index (χ4n) is 3.13. The highest BCUT2D eigenvalue weighted by molar-refractivity contribution is 5.95. The molecular formula is C17H25N5O2. The summed E-state index contributed by atoms with van der Waals surface area (Å²) in [5.41, 5.74) is 13.6. The Labute approximate surface area is 142 Å². The van der Waals surface area contributed by atoms with E-state index in [2.05, 4.69) is 22.1 Å². The summed E-state index contributed by atoms with van der Waals surface area (Å²) in [6.45, 7) is 4.79. The molecule has 0 fully saturated rings. The number of hydrogen-bond donors (Lipinski definition) is 2. The Balaban J connectivity index is 1.47. The van der Waals surface area contributed by atoms with Gasteiger partial charge in [0.05, 0.1) is 13.2 Å². The van der Waals surface area contributed by atoms with Crippen LogP contribution in [0.5, 0.6) is 5.75 Å². The minimum absolute atomic E-state index is 0.165. The number of fused-ring (bicyclic) bond motifs is 1. The molecule has 3 rings (SSSR count). The van der Waals surface area contributed by atoms with E-state index in [1.807, 2.05) is 19.9 Å². The van der Waals surface area contributed by atoms with E-state index < -0.39 is 5.66 Å². The van der Waals surface area contributed by atoms with Crippen LogP contribution < -0.4 is 16.2 Å². The van der Waals surface area contributed by atoms with Gasteiger partial charge in [0, 0.05) is 6.42 Å². The van der Waals surface area contributed by atoms with Gasteiger partial charge >= 0.3 is 0 Å².